The second-order valence-electron chi connectivity index (χ2n) is 7.90. The highest BCUT2D eigenvalue weighted by Crippen LogP contribution is 2.48. The number of pyridine rings is 1. The van der Waals surface area contributed by atoms with Crippen LogP contribution in [0.3, 0.4) is 0 Å². The van der Waals surface area contributed by atoms with Crippen molar-refractivity contribution in [2.24, 2.45) is 0 Å². The lowest BCUT2D eigenvalue weighted by Crippen LogP contribution is -2.71. The Morgan fingerprint density at radius 3 is 2.59 bits per heavy atom. The summed E-state index contributed by atoms with van der Waals surface area (Å²) in [6, 6.07) is 15.4. The van der Waals surface area contributed by atoms with Crippen LogP contribution in [0.5, 0.6) is 0 Å². The van der Waals surface area contributed by atoms with Gasteiger partial charge >= 0.3 is 6.03 Å². The third kappa shape index (κ3) is 3.29. The number of carbonyl (C=O) groups is 2. The smallest absolute Gasteiger partial charge is 0.326 e. The molecule has 2 N–H and O–H groups in total. The molecule has 162 valence electrons. The summed E-state index contributed by atoms with van der Waals surface area (Å²) in [4.78, 5) is 33.6. The summed E-state index contributed by atoms with van der Waals surface area (Å²) in [6.45, 7) is 0.0977. The maximum Gasteiger partial charge on any atom is 0.326 e. The van der Waals surface area contributed by atoms with Crippen LogP contribution >= 0.6 is 0 Å². The molecule has 3 atom stereocenters. The lowest BCUT2D eigenvalue weighted by Gasteiger charge is -2.58. The predicted molar refractivity (Wildman–Crippen MR) is 117 cm³/mol. The van der Waals surface area contributed by atoms with Gasteiger partial charge in [0.15, 0.2) is 0 Å². The highest BCUT2D eigenvalue weighted by atomic mass is 19.1. The Balaban J connectivity index is 1.46. The predicted octanol–water partition coefficient (Wildman–Crippen LogP) is 3.24. The Morgan fingerprint density at radius 1 is 1.09 bits per heavy atom. The number of benzene rings is 2. The number of anilines is 2. The van der Waals surface area contributed by atoms with E-state index in [0.717, 1.165) is 11.3 Å². The SMILES string of the molecule is O=C(Nc1ccc(F)cc1)N1C[C@H]2[C@@H](c3ccccc31)[C@H](CO)N2C(=O)c1cccnc1. The van der Waals surface area contributed by atoms with Crippen LogP contribution in [0.4, 0.5) is 20.6 Å². The van der Waals surface area contributed by atoms with Crippen LogP contribution in [0.25, 0.3) is 0 Å². The Morgan fingerprint density at radius 2 is 1.88 bits per heavy atom. The van der Waals surface area contributed by atoms with Crippen LogP contribution in [0.2, 0.25) is 0 Å². The van der Waals surface area contributed by atoms with Gasteiger partial charge in [-0.05, 0) is 48.0 Å². The number of hydrogen-bond donors (Lipinski definition) is 2. The minimum Gasteiger partial charge on any atom is -0.394 e. The molecule has 0 saturated carbocycles. The number of para-hydroxylation sites is 1. The average Bonchev–Trinajstić information content (AvgIpc) is 2.81. The Hall–Kier alpha value is -3.78. The third-order valence-corrected chi connectivity index (χ3v) is 6.17. The number of aliphatic hydroxyl groups excluding tert-OH is 1. The zero-order chi connectivity index (χ0) is 22.2. The van der Waals surface area contributed by atoms with Gasteiger partial charge in [0.05, 0.1) is 24.3 Å². The number of aromatic nitrogens is 1. The Bertz CT molecular complexity index is 1160. The number of amides is 3. The molecule has 3 amide bonds. The summed E-state index contributed by atoms with van der Waals surface area (Å²) in [5.74, 6) is -0.688. The molecule has 5 rings (SSSR count). The second kappa shape index (κ2) is 8.05. The zero-order valence-corrected chi connectivity index (χ0v) is 17.1. The highest BCUT2D eigenvalue weighted by molar-refractivity contribution is 6.03. The monoisotopic (exact) mass is 432 g/mol. The van der Waals surface area contributed by atoms with Gasteiger partial charge in [-0.2, -0.15) is 0 Å². The number of fused-ring (bicyclic) bond motifs is 3. The molecule has 2 aliphatic heterocycles. The molecule has 1 saturated heterocycles. The minimum absolute atomic E-state index is 0.0771. The molecule has 0 unspecified atom stereocenters. The van der Waals surface area contributed by atoms with Crippen LogP contribution in [0.15, 0.2) is 73.1 Å². The third-order valence-electron chi connectivity index (χ3n) is 6.17. The van der Waals surface area contributed by atoms with Crippen molar-refractivity contribution < 1.29 is 19.1 Å². The maximum atomic E-state index is 13.2. The summed E-state index contributed by atoms with van der Waals surface area (Å²) in [5, 5.41) is 12.9. The summed E-state index contributed by atoms with van der Waals surface area (Å²) in [6.07, 6.45) is 3.09. The number of carbonyl (C=O) groups excluding carboxylic acids is 2. The molecule has 1 aromatic heterocycles. The first-order valence-electron chi connectivity index (χ1n) is 10.3. The van der Waals surface area contributed by atoms with E-state index in [1.807, 2.05) is 24.3 Å². The van der Waals surface area contributed by atoms with E-state index in [2.05, 4.69) is 10.3 Å². The standard InChI is InChI=1S/C24H21FN4O3/c25-16-7-9-17(10-8-16)27-24(32)28-13-20-22(18-5-1-2-6-19(18)28)21(14-30)29(20)23(31)15-4-3-11-26-12-15/h1-12,20-22,30H,13-14H2,(H,27,32)/t20-,21-,22+/m0/s1. The van der Waals surface area contributed by atoms with Crippen LogP contribution in [0, 0.1) is 5.82 Å². The van der Waals surface area contributed by atoms with Gasteiger partial charge in [-0.25, -0.2) is 9.18 Å². The van der Waals surface area contributed by atoms with E-state index in [1.54, 1.807) is 28.1 Å². The number of urea groups is 1. The summed E-state index contributed by atoms with van der Waals surface area (Å²) in [7, 11) is 0. The fourth-order valence-corrected chi connectivity index (χ4v) is 4.72. The van der Waals surface area contributed by atoms with Gasteiger partial charge < -0.3 is 15.3 Å². The fraction of sp³-hybridized carbons (Fsp3) is 0.208. The normalized spacial score (nSPS) is 21.2. The molecule has 2 aliphatic rings. The summed E-state index contributed by atoms with van der Waals surface area (Å²) >= 11 is 0. The average molecular weight is 432 g/mol. The molecule has 0 bridgehead atoms. The molecule has 32 heavy (non-hydrogen) atoms. The molecule has 1 fully saturated rings. The summed E-state index contributed by atoms with van der Waals surface area (Å²) < 4.78 is 13.2. The Kier molecular flexibility index (Phi) is 5.07. The van der Waals surface area contributed by atoms with Gasteiger partial charge in [0.25, 0.3) is 5.91 Å². The first-order chi connectivity index (χ1) is 15.6. The zero-order valence-electron chi connectivity index (χ0n) is 17.1. The number of aliphatic hydroxyl groups is 1. The van der Waals surface area contributed by atoms with E-state index < -0.39 is 0 Å². The molecule has 0 aliphatic carbocycles. The van der Waals surface area contributed by atoms with Gasteiger partial charge in [0, 0.05) is 36.2 Å². The van der Waals surface area contributed by atoms with E-state index >= 15 is 0 Å². The van der Waals surface area contributed by atoms with Gasteiger partial charge in [-0.3, -0.25) is 14.7 Å². The van der Waals surface area contributed by atoms with E-state index in [-0.39, 0.29) is 48.9 Å². The molecule has 3 aromatic rings. The molecule has 8 heteroatoms. The number of hydrogen-bond acceptors (Lipinski definition) is 4. The minimum atomic E-state index is -0.386. The first-order valence-corrected chi connectivity index (χ1v) is 10.3. The molecular formula is C24H21FN4O3. The first kappa shape index (κ1) is 20.1. The van der Waals surface area contributed by atoms with Crippen molar-refractivity contribution in [1.82, 2.24) is 9.88 Å². The van der Waals surface area contributed by atoms with Crippen molar-refractivity contribution in [3.05, 3.63) is 90.0 Å². The Labute approximate surface area is 184 Å². The number of likely N-dealkylation sites (tertiary alicyclic amines) is 1. The topological polar surface area (TPSA) is 85.8 Å². The number of rotatable bonds is 3. The molecule has 2 aromatic carbocycles. The lowest BCUT2D eigenvalue weighted by atomic mass is 9.71. The van der Waals surface area contributed by atoms with Crippen LogP contribution in [-0.2, 0) is 0 Å². The van der Waals surface area contributed by atoms with Gasteiger partial charge in [0.1, 0.15) is 5.82 Å². The van der Waals surface area contributed by atoms with Crippen molar-refractivity contribution in [3.8, 4) is 0 Å². The van der Waals surface area contributed by atoms with Crippen LogP contribution in [0.1, 0.15) is 21.8 Å². The van der Waals surface area contributed by atoms with Gasteiger partial charge in [-0.1, -0.05) is 18.2 Å². The van der Waals surface area contributed by atoms with E-state index in [0.29, 0.717) is 11.3 Å². The van der Waals surface area contributed by atoms with Crippen molar-refractivity contribution in [1.29, 1.82) is 0 Å². The molecule has 0 radical (unpaired) electrons. The van der Waals surface area contributed by atoms with Crippen LogP contribution < -0.4 is 10.2 Å². The molecule has 0 spiro atoms. The van der Waals surface area contributed by atoms with E-state index in [1.165, 1.54) is 30.5 Å². The quantitative estimate of drug-likeness (QED) is 0.665. The van der Waals surface area contributed by atoms with Gasteiger partial charge in [-0.15, -0.1) is 0 Å². The van der Waals surface area contributed by atoms with Gasteiger partial charge in [0.2, 0.25) is 0 Å². The van der Waals surface area contributed by atoms with Crippen molar-refractivity contribution >= 4 is 23.3 Å². The number of nitrogens with zero attached hydrogens (tertiary/aromatic N) is 3. The second-order valence-corrected chi connectivity index (χ2v) is 7.90. The largest absolute Gasteiger partial charge is 0.394 e. The lowest BCUT2D eigenvalue weighted by molar-refractivity contribution is -0.0241. The highest BCUT2D eigenvalue weighted by Gasteiger charge is 2.55. The fourth-order valence-electron chi connectivity index (χ4n) is 4.72. The maximum absolute atomic E-state index is 13.2. The molecule has 7 nitrogen and oxygen atoms in total. The number of halogens is 1. The summed E-state index contributed by atoms with van der Waals surface area (Å²) in [5.41, 5.74) is 2.55. The van der Waals surface area contributed by atoms with Crippen molar-refractivity contribution in [2.45, 2.75) is 18.0 Å². The number of nitrogens with one attached hydrogen (secondary N) is 1. The van der Waals surface area contributed by atoms with E-state index in [9.17, 15) is 19.1 Å². The van der Waals surface area contributed by atoms with E-state index in [4.69, 9.17) is 0 Å². The van der Waals surface area contributed by atoms with Crippen molar-refractivity contribution in [2.75, 3.05) is 23.4 Å². The molecular weight excluding hydrogens is 411 g/mol. The van der Waals surface area contributed by atoms with Crippen LogP contribution in [-0.4, -0.2) is 52.2 Å². The van der Waals surface area contributed by atoms with Crippen molar-refractivity contribution in [3.63, 3.8) is 0 Å². The molecule has 3 heterocycles.